The van der Waals surface area contributed by atoms with E-state index in [1.165, 1.54) is 7.11 Å². The third-order valence-corrected chi connectivity index (χ3v) is 2.34. The number of esters is 1. The molecular formula is C11H12ClF2NO3. The fraction of sp³-hybridized carbons (Fsp3) is 0.455. The van der Waals surface area contributed by atoms with Gasteiger partial charge in [0.15, 0.2) is 10.9 Å². The predicted molar refractivity (Wildman–Crippen MR) is 61.1 cm³/mol. The van der Waals surface area contributed by atoms with Crippen molar-refractivity contribution < 1.29 is 23.0 Å². The summed E-state index contributed by atoms with van der Waals surface area (Å²) in [7, 11) is 1.22. The Morgan fingerprint density at radius 1 is 1.56 bits per heavy atom. The summed E-state index contributed by atoms with van der Waals surface area (Å²) in [6.07, 6.45) is -2.97. The number of methoxy groups -OCH3 is 1. The van der Waals surface area contributed by atoms with Gasteiger partial charge >= 0.3 is 5.97 Å². The molecule has 1 aromatic rings. The van der Waals surface area contributed by atoms with Crippen molar-refractivity contribution in [1.29, 1.82) is 0 Å². The van der Waals surface area contributed by atoms with E-state index in [1.807, 2.05) is 0 Å². The van der Waals surface area contributed by atoms with Crippen LogP contribution in [0.3, 0.4) is 0 Å². The van der Waals surface area contributed by atoms with E-state index in [9.17, 15) is 13.6 Å². The lowest BCUT2D eigenvalue weighted by Gasteiger charge is -2.11. The largest absolute Gasteiger partial charge is 0.493 e. The molecule has 100 valence electrons. The fourth-order valence-electron chi connectivity index (χ4n) is 1.39. The number of carbonyl (C=O) groups excluding carboxylic acids is 1. The molecule has 0 amide bonds. The molecule has 1 aromatic heterocycles. The zero-order chi connectivity index (χ0) is 13.7. The van der Waals surface area contributed by atoms with Crippen molar-refractivity contribution in [2.75, 3.05) is 13.7 Å². The number of ether oxygens (including phenoxy) is 2. The number of pyridine rings is 1. The van der Waals surface area contributed by atoms with Gasteiger partial charge in [0.05, 0.1) is 31.4 Å². The lowest BCUT2D eigenvalue weighted by atomic mass is 10.2. The van der Waals surface area contributed by atoms with Crippen molar-refractivity contribution in [2.45, 2.75) is 19.8 Å². The maximum absolute atomic E-state index is 12.8. The third-order valence-electron chi connectivity index (χ3n) is 2.08. The van der Waals surface area contributed by atoms with E-state index in [1.54, 1.807) is 6.92 Å². The summed E-state index contributed by atoms with van der Waals surface area (Å²) in [4.78, 5) is 15.1. The zero-order valence-corrected chi connectivity index (χ0v) is 10.6. The van der Waals surface area contributed by atoms with Crippen LogP contribution >= 0.6 is 11.6 Å². The first-order valence-corrected chi connectivity index (χ1v) is 5.54. The summed E-state index contributed by atoms with van der Waals surface area (Å²) in [5.41, 5.74) is -0.272. The first-order chi connectivity index (χ1) is 8.49. The molecule has 0 saturated heterocycles. The number of alkyl halides is 2. The van der Waals surface area contributed by atoms with Crippen LogP contribution in [0, 0.1) is 0 Å². The summed E-state index contributed by atoms with van der Waals surface area (Å²) in [5, 5.41) is -0.199. The molecule has 0 aliphatic carbocycles. The van der Waals surface area contributed by atoms with Crippen LogP contribution in [0.15, 0.2) is 6.07 Å². The summed E-state index contributed by atoms with van der Waals surface area (Å²) in [6, 6.07) is 1.09. The van der Waals surface area contributed by atoms with Gasteiger partial charge in [-0.25, -0.2) is 13.8 Å². The lowest BCUT2D eigenvalue weighted by Crippen LogP contribution is -2.10. The van der Waals surface area contributed by atoms with Crippen molar-refractivity contribution >= 4 is 17.6 Å². The molecule has 0 unspecified atom stereocenters. The van der Waals surface area contributed by atoms with Gasteiger partial charge in [-0.2, -0.15) is 0 Å². The number of halogens is 3. The van der Waals surface area contributed by atoms with E-state index in [2.05, 4.69) is 4.98 Å². The molecule has 1 rings (SSSR count). The van der Waals surface area contributed by atoms with Crippen LogP contribution < -0.4 is 4.74 Å². The van der Waals surface area contributed by atoms with Crippen LogP contribution in [0.4, 0.5) is 8.78 Å². The molecule has 0 bridgehead atoms. The van der Waals surface area contributed by atoms with Crippen LogP contribution in [0.5, 0.6) is 5.75 Å². The van der Waals surface area contributed by atoms with Crippen molar-refractivity contribution in [3.05, 3.63) is 22.5 Å². The average Bonchev–Trinajstić information content (AvgIpc) is 2.28. The van der Waals surface area contributed by atoms with Crippen LogP contribution in [-0.4, -0.2) is 24.7 Å². The maximum atomic E-state index is 12.8. The summed E-state index contributed by atoms with van der Waals surface area (Å²) in [5.74, 6) is -0.731. The summed E-state index contributed by atoms with van der Waals surface area (Å²) >= 11 is 5.72. The van der Waals surface area contributed by atoms with Gasteiger partial charge in [-0.15, -0.1) is 0 Å². The summed E-state index contributed by atoms with van der Waals surface area (Å²) < 4.78 is 35.0. The Bertz CT molecular complexity index is 441. The van der Waals surface area contributed by atoms with Crippen molar-refractivity contribution in [1.82, 2.24) is 4.98 Å². The quantitative estimate of drug-likeness (QED) is 0.614. The number of nitrogens with zero attached hydrogens (tertiary/aromatic N) is 1. The minimum absolute atomic E-state index is 0.120. The Hall–Kier alpha value is -1.43. The van der Waals surface area contributed by atoms with Gasteiger partial charge in [0.25, 0.3) is 6.43 Å². The Kier molecular flexibility index (Phi) is 5.27. The summed E-state index contributed by atoms with van der Waals surface area (Å²) in [6.45, 7) is 1.86. The Morgan fingerprint density at radius 2 is 2.22 bits per heavy atom. The Labute approximate surface area is 108 Å². The molecule has 0 spiro atoms. The van der Waals surface area contributed by atoms with Crippen LogP contribution in [-0.2, 0) is 16.0 Å². The second-order valence-corrected chi connectivity index (χ2v) is 3.67. The highest BCUT2D eigenvalue weighted by molar-refractivity contribution is 6.31. The van der Waals surface area contributed by atoms with Gasteiger partial charge in [-0.1, -0.05) is 11.6 Å². The monoisotopic (exact) mass is 279 g/mol. The molecule has 0 aliphatic rings. The normalized spacial score (nSPS) is 10.6. The minimum atomic E-state index is -2.76. The first kappa shape index (κ1) is 14.6. The number of carbonyl (C=O) groups is 1. The Balaban J connectivity index is 3.05. The second kappa shape index (κ2) is 6.49. The highest BCUT2D eigenvalue weighted by Crippen LogP contribution is 2.34. The average molecular weight is 280 g/mol. The van der Waals surface area contributed by atoms with Crippen LogP contribution in [0.1, 0.15) is 24.6 Å². The molecule has 7 heteroatoms. The molecule has 0 aromatic carbocycles. The van der Waals surface area contributed by atoms with Gasteiger partial charge in [-0.05, 0) is 13.0 Å². The number of rotatable bonds is 5. The smallest absolute Gasteiger partial charge is 0.311 e. The number of hydrogen-bond donors (Lipinski definition) is 0. The van der Waals surface area contributed by atoms with E-state index in [4.69, 9.17) is 21.1 Å². The lowest BCUT2D eigenvalue weighted by molar-refractivity contribution is -0.142. The van der Waals surface area contributed by atoms with E-state index in [0.29, 0.717) is 0 Å². The zero-order valence-electron chi connectivity index (χ0n) is 9.87. The van der Waals surface area contributed by atoms with Gasteiger partial charge in [0.1, 0.15) is 0 Å². The molecule has 0 aliphatic heterocycles. The standard InChI is InChI=1S/C11H12ClF2NO3/c1-3-18-8(16)5-6-4-7(11(13)14)9(17-2)10(12)15-6/h4,11H,3,5H2,1-2H3. The number of aromatic nitrogens is 1. The van der Waals surface area contributed by atoms with E-state index in [0.717, 1.165) is 6.07 Å². The molecule has 18 heavy (non-hydrogen) atoms. The fourth-order valence-corrected chi connectivity index (χ4v) is 1.68. The predicted octanol–water partition coefficient (Wildman–Crippen LogP) is 2.79. The topological polar surface area (TPSA) is 48.4 Å². The van der Waals surface area contributed by atoms with Crippen LogP contribution in [0.25, 0.3) is 0 Å². The molecule has 0 N–H and O–H groups in total. The molecule has 0 radical (unpaired) electrons. The molecular weight excluding hydrogens is 268 g/mol. The minimum Gasteiger partial charge on any atom is -0.493 e. The first-order valence-electron chi connectivity index (χ1n) is 5.16. The van der Waals surface area contributed by atoms with Gasteiger partial charge < -0.3 is 9.47 Å². The van der Waals surface area contributed by atoms with Gasteiger partial charge in [0.2, 0.25) is 0 Å². The van der Waals surface area contributed by atoms with Crippen molar-refractivity contribution in [3.63, 3.8) is 0 Å². The van der Waals surface area contributed by atoms with E-state index >= 15 is 0 Å². The molecule has 4 nitrogen and oxygen atoms in total. The van der Waals surface area contributed by atoms with Gasteiger partial charge in [-0.3, -0.25) is 4.79 Å². The van der Waals surface area contributed by atoms with Crippen LogP contribution in [0.2, 0.25) is 5.15 Å². The number of hydrogen-bond acceptors (Lipinski definition) is 4. The maximum Gasteiger partial charge on any atom is 0.311 e. The van der Waals surface area contributed by atoms with Gasteiger partial charge in [0, 0.05) is 0 Å². The van der Waals surface area contributed by atoms with E-state index < -0.39 is 18.0 Å². The molecule has 0 fully saturated rings. The molecule has 0 atom stereocenters. The van der Waals surface area contributed by atoms with Crippen molar-refractivity contribution in [2.24, 2.45) is 0 Å². The second-order valence-electron chi connectivity index (χ2n) is 3.31. The highest BCUT2D eigenvalue weighted by atomic mass is 35.5. The molecule has 0 saturated carbocycles. The third kappa shape index (κ3) is 3.53. The SMILES string of the molecule is CCOC(=O)Cc1cc(C(F)F)c(OC)c(Cl)n1. The van der Waals surface area contributed by atoms with Crippen molar-refractivity contribution in [3.8, 4) is 5.75 Å². The van der Waals surface area contributed by atoms with E-state index in [-0.39, 0.29) is 29.6 Å². The Morgan fingerprint density at radius 3 is 2.72 bits per heavy atom. The molecule has 1 heterocycles. The highest BCUT2D eigenvalue weighted by Gasteiger charge is 2.20.